The lowest BCUT2D eigenvalue weighted by Gasteiger charge is -2.16. The predicted molar refractivity (Wildman–Crippen MR) is 73.7 cm³/mol. The molecule has 0 heterocycles. The molecule has 0 saturated heterocycles. The van der Waals surface area contributed by atoms with Crippen molar-refractivity contribution in [1.82, 2.24) is 0 Å². The van der Waals surface area contributed by atoms with Crippen LogP contribution in [0.1, 0.15) is 37.7 Å². The van der Waals surface area contributed by atoms with Gasteiger partial charge in [0.25, 0.3) is 0 Å². The number of rotatable bonds is 1. The summed E-state index contributed by atoms with van der Waals surface area (Å²) in [7, 11) is 0. The molecule has 88 valence electrons. The first-order chi connectivity index (χ1) is 8.34. The maximum absolute atomic E-state index is 5.80. The van der Waals surface area contributed by atoms with E-state index in [9.17, 15) is 0 Å². The van der Waals surface area contributed by atoms with E-state index in [1.807, 2.05) is 24.3 Å². The predicted octanol–water partition coefficient (Wildman–Crippen LogP) is 4.10. The second-order valence-electron chi connectivity index (χ2n) is 4.35. The van der Waals surface area contributed by atoms with Gasteiger partial charge in [-0.25, -0.2) is 0 Å². The van der Waals surface area contributed by atoms with Crippen LogP contribution >= 0.6 is 11.6 Å². The Bertz CT molecular complexity index is 430. The number of aliphatic imine (C=N–C) groups is 1. The summed E-state index contributed by atoms with van der Waals surface area (Å²) < 4.78 is 0. The fourth-order valence-electron chi connectivity index (χ4n) is 2.02. The van der Waals surface area contributed by atoms with Crippen molar-refractivity contribution in [3.05, 3.63) is 34.9 Å². The Morgan fingerprint density at radius 3 is 2.53 bits per heavy atom. The highest BCUT2D eigenvalue weighted by Gasteiger charge is 2.09. The van der Waals surface area contributed by atoms with Crippen LogP contribution in [-0.4, -0.2) is 12.3 Å². The topological polar surface area (TPSA) is 12.4 Å². The zero-order valence-corrected chi connectivity index (χ0v) is 10.6. The van der Waals surface area contributed by atoms with Gasteiger partial charge in [0, 0.05) is 10.6 Å². The molecule has 2 heteroatoms. The quantitative estimate of drug-likeness (QED) is 0.522. The Labute approximate surface area is 108 Å². The van der Waals surface area contributed by atoms with Crippen molar-refractivity contribution in [3.8, 4) is 11.8 Å². The molecule has 1 aliphatic carbocycles. The van der Waals surface area contributed by atoms with Crippen molar-refractivity contribution in [1.29, 1.82) is 0 Å². The Morgan fingerprint density at radius 1 is 1.12 bits per heavy atom. The van der Waals surface area contributed by atoms with Gasteiger partial charge in [0.05, 0.1) is 12.3 Å². The Balaban J connectivity index is 1.88. The first kappa shape index (κ1) is 12.2. The molecule has 1 nitrogen and oxygen atoms in total. The number of halogens is 1. The SMILES string of the molecule is Clc1ccc(C#CC=NC2CCCCC2)cc1. The molecule has 0 aromatic heterocycles. The van der Waals surface area contributed by atoms with E-state index >= 15 is 0 Å². The monoisotopic (exact) mass is 245 g/mol. The minimum Gasteiger partial charge on any atom is -0.281 e. The third-order valence-corrected chi connectivity index (χ3v) is 3.24. The van der Waals surface area contributed by atoms with Crippen LogP contribution in [0, 0.1) is 11.8 Å². The van der Waals surface area contributed by atoms with Crippen LogP contribution in [0.15, 0.2) is 29.3 Å². The van der Waals surface area contributed by atoms with Gasteiger partial charge in [0.1, 0.15) is 0 Å². The maximum atomic E-state index is 5.80. The van der Waals surface area contributed by atoms with Crippen molar-refractivity contribution in [3.63, 3.8) is 0 Å². The number of benzene rings is 1. The minimum absolute atomic E-state index is 0.503. The summed E-state index contributed by atoms with van der Waals surface area (Å²) >= 11 is 5.80. The van der Waals surface area contributed by atoms with E-state index in [1.165, 1.54) is 32.1 Å². The molecule has 0 bridgehead atoms. The summed E-state index contributed by atoms with van der Waals surface area (Å²) in [6.45, 7) is 0. The van der Waals surface area contributed by atoms with Crippen LogP contribution < -0.4 is 0 Å². The molecule has 1 saturated carbocycles. The molecule has 0 unspecified atom stereocenters. The van der Waals surface area contributed by atoms with Crippen molar-refractivity contribution in [2.75, 3.05) is 0 Å². The summed E-state index contributed by atoms with van der Waals surface area (Å²) in [6, 6.07) is 8.05. The van der Waals surface area contributed by atoms with Crippen molar-refractivity contribution in [2.24, 2.45) is 4.99 Å². The first-order valence-electron chi connectivity index (χ1n) is 6.13. The van der Waals surface area contributed by atoms with Crippen LogP contribution in [0.5, 0.6) is 0 Å². The fraction of sp³-hybridized carbons (Fsp3) is 0.400. The van der Waals surface area contributed by atoms with Gasteiger partial charge in [-0.15, -0.1) is 0 Å². The Kier molecular flexibility index (Phi) is 4.64. The molecular weight excluding hydrogens is 230 g/mol. The lowest BCUT2D eigenvalue weighted by atomic mass is 9.96. The van der Waals surface area contributed by atoms with Crippen LogP contribution in [0.2, 0.25) is 5.02 Å². The van der Waals surface area contributed by atoms with Crippen molar-refractivity contribution < 1.29 is 0 Å². The summed E-state index contributed by atoms with van der Waals surface area (Å²) in [4.78, 5) is 4.49. The van der Waals surface area contributed by atoms with Gasteiger partial charge in [-0.2, -0.15) is 0 Å². The molecule has 0 amide bonds. The molecule has 1 aliphatic rings. The molecule has 0 N–H and O–H groups in total. The van der Waals surface area contributed by atoms with Crippen LogP contribution in [0.3, 0.4) is 0 Å². The van der Waals surface area contributed by atoms with Crippen molar-refractivity contribution >= 4 is 17.8 Å². The average molecular weight is 246 g/mol. The van der Waals surface area contributed by atoms with E-state index in [-0.39, 0.29) is 0 Å². The van der Waals surface area contributed by atoms with E-state index in [0.29, 0.717) is 6.04 Å². The molecular formula is C15H16ClN. The van der Waals surface area contributed by atoms with Crippen molar-refractivity contribution in [2.45, 2.75) is 38.1 Å². The molecule has 1 aromatic carbocycles. The summed E-state index contributed by atoms with van der Waals surface area (Å²) in [6.07, 6.45) is 8.19. The highest BCUT2D eigenvalue weighted by Crippen LogP contribution is 2.19. The van der Waals surface area contributed by atoms with E-state index < -0.39 is 0 Å². The molecule has 2 rings (SSSR count). The van der Waals surface area contributed by atoms with Gasteiger partial charge < -0.3 is 0 Å². The fourth-order valence-corrected chi connectivity index (χ4v) is 2.15. The maximum Gasteiger partial charge on any atom is 0.0718 e. The number of nitrogens with zero attached hydrogens (tertiary/aromatic N) is 1. The van der Waals surface area contributed by atoms with Gasteiger partial charge in [-0.1, -0.05) is 36.8 Å². The molecule has 1 fully saturated rings. The third kappa shape index (κ3) is 4.24. The van der Waals surface area contributed by atoms with Gasteiger partial charge in [0.2, 0.25) is 0 Å². The van der Waals surface area contributed by atoms with E-state index in [4.69, 9.17) is 11.6 Å². The molecule has 1 aromatic rings. The normalized spacial score (nSPS) is 16.8. The van der Waals surface area contributed by atoms with Crippen LogP contribution in [-0.2, 0) is 0 Å². The smallest absolute Gasteiger partial charge is 0.0718 e. The van der Waals surface area contributed by atoms with E-state index in [0.717, 1.165) is 10.6 Å². The first-order valence-corrected chi connectivity index (χ1v) is 6.51. The summed E-state index contributed by atoms with van der Waals surface area (Å²) in [5.74, 6) is 6.04. The van der Waals surface area contributed by atoms with Crippen LogP contribution in [0.25, 0.3) is 0 Å². The second-order valence-corrected chi connectivity index (χ2v) is 4.78. The van der Waals surface area contributed by atoms with Gasteiger partial charge in [-0.05, 0) is 43.0 Å². The standard InChI is InChI=1S/C15H16ClN/c16-14-10-8-13(9-11-14)5-4-12-17-15-6-2-1-3-7-15/h8-12,15H,1-3,6-7H2. The molecule has 17 heavy (non-hydrogen) atoms. The third-order valence-electron chi connectivity index (χ3n) is 2.99. The second kappa shape index (κ2) is 6.47. The summed E-state index contributed by atoms with van der Waals surface area (Å²) in [5.41, 5.74) is 0.976. The van der Waals surface area contributed by atoms with Gasteiger partial charge in [-0.3, -0.25) is 4.99 Å². The minimum atomic E-state index is 0.503. The Hall–Kier alpha value is -1.26. The van der Waals surface area contributed by atoms with Crippen LogP contribution in [0.4, 0.5) is 0 Å². The van der Waals surface area contributed by atoms with E-state index in [1.54, 1.807) is 6.21 Å². The molecule has 0 aliphatic heterocycles. The number of hydrogen-bond donors (Lipinski definition) is 0. The zero-order chi connectivity index (χ0) is 11.9. The molecule has 0 spiro atoms. The lowest BCUT2D eigenvalue weighted by Crippen LogP contribution is -2.09. The van der Waals surface area contributed by atoms with E-state index in [2.05, 4.69) is 16.8 Å². The highest BCUT2D eigenvalue weighted by atomic mass is 35.5. The highest BCUT2D eigenvalue weighted by molar-refractivity contribution is 6.30. The van der Waals surface area contributed by atoms with Gasteiger partial charge >= 0.3 is 0 Å². The zero-order valence-electron chi connectivity index (χ0n) is 9.82. The molecule has 0 atom stereocenters. The largest absolute Gasteiger partial charge is 0.281 e. The average Bonchev–Trinajstić information content (AvgIpc) is 2.38. The Morgan fingerprint density at radius 2 is 1.82 bits per heavy atom. The lowest BCUT2D eigenvalue weighted by molar-refractivity contribution is 0.444. The van der Waals surface area contributed by atoms with Gasteiger partial charge in [0.15, 0.2) is 0 Å². The summed E-state index contributed by atoms with van der Waals surface area (Å²) in [5, 5.41) is 0.742. The number of hydrogen-bond acceptors (Lipinski definition) is 1. The molecule has 0 radical (unpaired) electrons.